The third kappa shape index (κ3) is 3.27. The maximum Gasteiger partial charge on any atom is 0.136 e. The first kappa shape index (κ1) is 16.0. The van der Waals surface area contributed by atoms with Crippen molar-refractivity contribution in [2.24, 2.45) is 11.1 Å². The van der Waals surface area contributed by atoms with Crippen molar-refractivity contribution in [3.63, 3.8) is 0 Å². The summed E-state index contributed by atoms with van der Waals surface area (Å²) in [6.45, 7) is 6.02. The summed E-state index contributed by atoms with van der Waals surface area (Å²) in [4.78, 5) is 0. The number of phenolic OH excluding ortho intramolecular Hbond substituents is 1. The van der Waals surface area contributed by atoms with Crippen LogP contribution < -0.4 is 5.73 Å². The van der Waals surface area contributed by atoms with E-state index in [1.807, 2.05) is 20.8 Å². The van der Waals surface area contributed by atoms with Gasteiger partial charge in [0.1, 0.15) is 5.75 Å². The monoisotopic (exact) mass is 327 g/mol. The molecular weight excluding hydrogens is 313 g/mol. The average Bonchev–Trinajstić information content (AvgIpc) is 2.10. The molecule has 16 heavy (non-hydrogen) atoms. The van der Waals surface area contributed by atoms with Crippen LogP contribution in [0.3, 0.4) is 0 Å². The molecule has 0 saturated carbocycles. The van der Waals surface area contributed by atoms with Crippen molar-refractivity contribution in [2.45, 2.75) is 26.8 Å². The zero-order chi connectivity index (χ0) is 11.8. The molecule has 1 atom stereocenters. The van der Waals surface area contributed by atoms with Crippen LogP contribution in [0, 0.1) is 5.41 Å². The largest absolute Gasteiger partial charge is 0.506 e. The Morgan fingerprint density at radius 3 is 2.31 bits per heavy atom. The zero-order valence-electron chi connectivity index (χ0n) is 9.42. The SMILES string of the molecule is CC(C)(C)[C@@H](N)c1c(Cl)ccc(Br)c1O.Cl. The molecule has 1 rings (SSSR count). The van der Waals surface area contributed by atoms with E-state index in [0.717, 1.165) is 0 Å². The summed E-state index contributed by atoms with van der Waals surface area (Å²) in [5.74, 6) is 0.130. The van der Waals surface area contributed by atoms with E-state index in [9.17, 15) is 5.11 Å². The second-order valence-electron chi connectivity index (χ2n) is 4.64. The lowest BCUT2D eigenvalue weighted by Crippen LogP contribution is -2.26. The summed E-state index contributed by atoms with van der Waals surface area (Å²) < 4.78 is 0.613. The predicted octanol–water partition coefficient (Wildman–Crippen LogP) is 4.28. The number of halogens is 3. The number of hydrogen-bond acceptors (Lipinski definition) is 2. The molecule has 0 unspecified atom stereocenters. The molecular formula is C11H16BrCl2NO. The van der Waals surface area contributed by atoms with E-state index >= 15 is 0 Å². The van der Waals surface area contributed by atoms with Gasteiger partial charge >= 0.3 is 0 Å². The quantitative estimate of drug-likeness (QED) is 0.808. The number of phenols is 1. The highest BCUT2D eigenvalue weighted by atomic mass is 79.9. The van der Waals surface area contributed by atoms with Gasteiger partial charge in [-0.25, -0.2) is 0 Å². The Balaban J connectivity index is 0.00000225. The van der Waals surface area contributed by atoms with Crippen LogP contribution in [0.5, 0.6) is 5.75 Å². The third-order valence-electron chi connectivity index (χ3n) is 2.36. The Bertz CT molecular complexity index is 377. The standard InChI is InChI=1S/C11H15BrClNO.ClH/c1-11(2,3)10(14)8-7(13)5-4-6(12)9(8)15;/h4-5,10,15H,14H2,1-3H3;1H/t10-;/m0./s1. The maximum absolute atomic E-state index is 9.90. The van der Waals surface area contributed by atoms with Crippen molar-refractivity contribution in [3.8, 4) is 5.75 Å². The van der Waals surface area contributed by atoms with Crippen LogP contribution in [0.25, 0.3) is 0 Å². The minimum Gasteiger partial charge on any atom is -0.506 e. The number of hydrogen-bond donors (Lipinski definition) is 2. The molecule has 5 heteroatoms. The molecule has 0 aliphatic heterocycles. The molecule has 1 aromatic carbocycles. The van der Waals surface area contributed by atoms with Crippen LogP contribution >= 0.6 is 39.9 Å². The number of aromatic hydroxyl groups is 1. The van der Waals surface area contributed by atoms with Gasteiger partial charge in [0.15, 0.2) is 0 Å². The van der Waals surface area contributed by atoms with E-state index in [1.165, 1.54) is 0 Å². The van der Waals surface area contributed by atoms with Gasteiger partial charge in [-0.05, 0) is 33.5 Å². The van der Waals surface area contributed by atoms with Crippen molar-refractivity contribution in [1.29, 1.82) is 0 Å². The lowest BCUT2D eigenvalue weighted by Gasteiger charge is -2.28. The van der Waals surface area contributed by atoms with E-state index in [2.05, 4.69) is 15.9 Å². The maximum atomic E-state index is 9.90. The van der Waals surface area contributed by atoms with Gasteiger partial charge in [0.05, 0.1) is 4.47 Å². The predicted molar refractivity (Wildman–Crippen MR) is 74.4 cm³/mol. The van der Waals surface area contributed by atoms with Gasteiger partial charge in [0.2, 0.25) is 0 Å². The van der Waals surface area contributed by atoms with Crippen molar-refractivity contribution in [2.75, 3.05) is 0 Å². The second-order valence-corrected chi connectivity index (χ2v) is 5.90. The lowest BCUT2D eigenvalue weighted by molar-refractivity contribution is 0.317. The molecule has 0 radical (unpaired) electrons. The summed E-state index contributed by atoms with van der Waals surface area (Å²) >= 11 is 9.29. The van der Waals surface area contributed by atoms with Crippen molar-refractivity contribution < 1.29 is 5.11 Å². The van der Waals surface area contributed by atoms with Gasteiger partial charge < -0.3 is 10.8 Å². The minimum atomic E-state index is -0.303. The van der Waals surface area contributed by atoms with Crippen LogP contribution in [-0.4, -0.2) is 5.11 Å². The Morgan fingerprint density at radius 2 is 1.88 bits per heavy atom. The zero-order valence-corrected chi connectivity index (χ0v) is 12.6. The molecule has 0 aromatic heterocycles. The van der Waals surface area contributed by atoms with Crippen LogP contribution in [-0.2, 0) is 0 Å². The Hall–Kier alpha value is 0.0400. The first-order valence-corrected chi connectivity index (χ1v) is 5.84. The molecule has 0 spiro atoms. The molecule has 0 bridgehead atoms. The van der Waals surface area contributed by atoms with E-state index in [-0.39, 0.29) is 29.6 Å². The van der Waals surface area contributed by atoms with E-state index in [4.69, 9.17) is 17.3 Å². The van der Waals surface area contributed by atoms with Crippen molar-refractivity contribution >= 4 is 39.9 Å². The highest BCUT2D eigenvalue weighted by Crippen LogP contribution is 2.42. The first-order chi connectivity index (χ1) is 6.75. The minimum absolute atomic E-state index is 0. The fourth-order valence-corrected chi connectivity index (χ4v) is 1.90. The van der Waals surface area contributed by atoms with Crippen LogP contribution in [0.1, 0.15) is 32.4 Å². The van der Waals surface area contributed by atoms with E-state index in [0.29, 0.717) is 15.1 Å². The summed E-state index contributed by atoms with van der Waals surface area (Å²) in [5.41, 5.74) is 6.52. The molecule has 3 N–H and O–H groups in total. The molecule has 0 heterocycles. The molecule has 1 aromatic rings. The lowest BCUT2D eigenvalue weighted by atomic mass is 9.83. The van der Waals surface area contributed by atoms with Gasteiger partial charge in [-0.3, -0.25) is 0 Å². The first-order valence-electron chi connectivity index (χ1n) is 4.67. The number of nitrogens with two attached hydrogens (primary N) is 1. The number of rotatable bonds is 1. The Morgan fingerprint density at radius 1 is 1.38 bits per heavy atom. The van der Waals surface area contributed by atoms with Crippen LogP contribution in [0.2, 0.25) is 5.02 Å². The Labute approximate surface area is 116 Å². The highest BCUT2D eigenvalue weighted by molar-refractivity contribution is 9.10. The van der Waals surface area contributed by atoms with Gasteiger partial charge in [-0.1, -0.05) is 32.4 Å². The molecule has 0 aliphatic rings. The smallest absolute Gasteiger partial charge is 0.136 e. The highest BCUT2D eigenvalue weighted by Gasteiger charge is 2.27. The molecule has 92 valence electrons. The molecule has 0 aliphatic carbocycles. The fraction of sp³-hybridized carbons (Fsp3) is 0.455. The van der Waals surface area contributed by atoms with Gasteiger partial charge in [-0.2, -0.15) is 0 Å². The summed E-state index contributed by atoms with van der Waals surface area (Å²) in [6.07, 6.45) is 0. The van der Waals surface area contributed by atoms with Gasteiger partial charge in [0, 0.05) is 16.6 Å². The van der Waals surface area contributed by atoms with Crippen molar-refractivity contribution in [1.82, 2.24) is 0 Å². The normalized spacial score (nSPS) is 13.1. The molecule has 0 saturated heterocycles. The molecule has 0 fully saturated rings. The second kappa shape index (κ2) is 5.58. The summed E-state index contributed by atoms with van der Waals surface area (Å²) in [6, 6.07) is 3.13. The fourth-order valence-electron chi connectivity index (χ4n) is 1.29. The summed E-state index contributed by atoms with van der Waals surface area (Å²) in [5, 5.41) is 10.4. The van der Waals surface area contributed by atoms with E-state index in [1.54, 1.807) is 12.1 Å². The Kier molecular flexibility index (Phi) is 5.60. The van der Waals surface area contributed by atoms with Crippen LogP contribution in [0.4, 0.5) is 0 Å². The molecule has 2 nitrogen and oxygen atoms in total. The average molecular weight is 329 g/mol. The van der Waals surface area contributed by atoms with E-state index < -0.39 is 0 Å². The van der Waals surface area contributed by atoms with Gasteiger partial charge in [-0.15, -0.1) is 12.4 Å². The van der Waals surface area contributed by atoms with Gasteiger partial charge in [0.25, 0.3) is 0 Å². The summed E-state index contributed by atoms with van der Waals surface area (Å²) in [7, 11) is 0. The van der Waals surface area contributed by atoms with Crippen molar-refractivity contribution in [3.05, 3.63) is 27.2 Å². The topological polar surface area (TPSA) is 46.2 Å². The third-order valence-corrected chi connectivity index (χ3v) is 3.33. The van der Waals surface area contributed by atoms with Crippen LogP contribution in [0.15, 0.2) is 16.6 Å². The molecule has 0 amide bonds. The number of benzene rings is 1.